The lowest BCUT2D eigenvalue weighted by molar-refractivity contribution is -0.143. The van der Waals surface area contributed by atoms with Crippen LogP contribution in [0.3, 0.4) is 0 Å². The Kier molecular flexibility index (Phi) is 5.90. The molecule has 10 nitrogen and oxygen atoms in total. The van der Waals surface area contributed by atoms with Crippen LogP contribution in [0.2, 0.25) is 0 Å². The van der Waals surface area contributed by atoms with E-state index in [2.05, 4.69) is 15.0 Å². The molecule has 1 aliphatic carbocycles. The molecule has 0 bridgehead atoms. The zero-order valence-corrected chi connectivity index (χ0v) is 20.6. The van der Waals surface area contributed by atoms with E-state index in [-0.39, 0.29) is 24.1 Å². The van der Waals surface area contributed by atoms with E-state index in [1.165, 1.54) is 7.11 Å². The molecule has 0 saturated heterocycles. The number of hydrogen-bond donors (Lipinski definition) is 2. The lowest BCUT2D eigenvalue weighted by atomic mass is 9.86. The summed E-state index contributed by atoms with van der Waals surface area (Å²) in [5.74, 6) is 0.532. The minimum atomic E-state index is -0.714. The molecule has 10 heteroatoms. The molecule has 0 spiro atoms. The SMILES string of the molecule is COC(=O)N1c2ccc3c(nc(Nc4cc(C)nn4C)n3[C@H]3CC[C@H](C(=O)O)CC3)c2CC[C@@H]1C. The summed E-state index contributed by atoms with van der Waals surface area (Å²) in [6.07, 6.45) is 4.09. The van der Waals surface area contributed by atoms with Crippen LogP contribution in [0.1, 0.15) is 56.3 Å². The van der Waals surface area contributed by atoms with Crippen molar-refractivity contribution in [3.8, 4) is 0 Å². The van der Waals surface area contributed by atoms with E-state index in [1.54, 1.807) is 9.58 Å². The molecular formula is C25H32N6O4. The monoisotopic (exact) mass is 480 g/mol. The highest BCUT2D eigenvalue weighted by Gasteiger charge is 2.34. The maximum Gasteiger partial charge on any atom is 0.414 e. The van der Waals surface area contributed by atoms with Gasteiger partial charge in [-0.05, 0) is 64.5 Å². The number of fused-ring (bicyclic) bond motifs is 3. The van der Waals surface area contributed by atoms with E-state index in [0.717, 1.165) is 59.5 Å². The molecule has 3 aromatic rings. The largest absolute Gasteiger partial charge is 0.481 e. The van der Waals surface area contributed by atoms with Crippen molar-refractivity contribution in [2.75, 3.05) is 17.3 Å². The van der Waals surface area contributed by atoms with Gasteiger partial charge in [0.05, 0.1) is 35.4 Å². The predicted octanol–water partition coefficient (Wildman–Crippen LogP) is 4.55. The number of carbonyl (C=O) groups is 2. The van der Waals surface area contributed by atoms with Crippen LogP contribution in [-0.4, -0.2) is 49.7 Å². The van der Waals surface area contributed by atoms with Gasteiger partial charge in [0.15, 0.2) is 0 Å². The van der Waals surface area contributed by atoms with Crippen LogP contribution in [0.4, 0.5) is 22.2 Å². The smallest absolute Gasteiger partial charge is 0.414 e. The number of rotatable bonds is 4. The molecule has 1 fully saturated rings. The summed E-state index contributed by atoms with van der Waals surface area (Å²) in [5.41, 5.74) is 4.63. The van der Waals surface area contributed by atoms with Crippen molar-refractivity contribution in [3.05, 3.63) is 29.5 Å². The van der Waals surface area contributed by atoms with Crippen LogP contribution >= 0.6 is 0 Å². The van der Waals surface area contributed by atoms with Crippen LogP contribution < -0.4 is 10.2 Å². The number of benzene rings is 1. The Morgan fingerprint density at radius 2 is 1.91 bits per heavy atom. The number of carboxylic acid groups (broad SMARTS) is 1. The zero-order chi connectivity index (χ0) is 24.9. The summed E-state index contributed by atoms with van der Waals surface area (Å²) in [7, 11) is 3.29. The van der Waals surface area contributed by atoms with E-state index >= 15 is 0 Å². The maximum atomic E-state index is 12.6. The van der Waals surface area contributed by atoms with Crippen LogP contribution in [0, 0.1) is 12.8 Å². The fourth-order valence-electron chi connectivity index (χ4n) is 5.66. The fourth-order valence-corrected chi connectivity index (χ4v) is 5.66. The maximum absolute atomic E-state index is 12.6. The summed E-state index contributed by atoms with van der Waals surface area (Å²) in [6, 6.07) is 6.16. The van der Waals surface area contributed by atoms with Crippen molar-refractivity contribution >= 4 is 40.5 Å². The van der Waals surface area contributed by atoms with Gasteiger partial charge in [0.1, 0.15) is 5.82 Å². The Morgan fingerprint density at radius 1 is 1.17 bits per heavy atom. The van der Waals surface area contributed by atoms with Gasteiger partial charge < -0.3 is 19.7 Å². The third-order valence-corrected chi connectivity index (χ3v) is 7.48. The number of imidazole rings is 1. The Bertz CT molecular complexity index is 1290. The quantitative estimate of drug-likeness (QED) is 0.563. The zero-order valence-electron chi connectivity index (χ0n) is 20.6. The third-order valence-electron chi connectivity index (χ3n) is 7.48. The average Bonchev–Trinajstić information content (AvgIpc) is 3.36. The van der Waals surface area contributed by atoms with E-state index in [4.69, 9.17) is 9.72 Å². The number of amides is 1. The Hall–Kier alpha value is -3.56. The molecule has 5 rings (SSSR count). The van der Waals surface area contributed by atoms with Gasteiger partial charge in [0.2, 0.25) is 5.95 Å². The van der Waals surface area contributed by atoms with Gasteiger partial charge in [-0.1, -0.05) is 0 Å². The second kappa shape index (κ2) is 8.90. The highest BCUT2D eigenvalue weighted by molar-refractivity contribution is 5.96. The summed E-state index contributed by atoms with van der Waals surface area (Å²) in [5, 5.41) is 17.4. The number of aryl methyl sites for hydroxylation is 3. The van der Waals surface area contributed by atoms with Crippen molar-refractivity contribution in [3.63, 3.8) is 0 Å². The van der Waals surface area contributed by atoms with Crippen molar-refractivity contribution in [1.29, 1.82) is 0 Å². The van der Waals surface area contributed by atoms with Gasteiger partial charge in [0, 0.05) is 30.8 Å². The van der Waals surface area contributed by atoms with Crippen molar-refractivity contribution in [2.24, 2.45) is 13.0 Å². The van der Waals surface area contributed by atoms with Gasteiger partial charge in [-0.2, -0.15) is 5.10 Å². The van der Waals surface area contributed by atoms with Crippen LogP contribution in [0.5, 0.6) is 0 Å². The van der Waals surface area contributed by atoms with Crippen LogP contribution in [0.15, 0.2) is 18.2 Å². The van der Waals surface area contributed by atoms with E-state index in [0.29, 0.717) is 18.8 Å². The Morgan fingerprint density at radius 3 is 2.54 bits per heavy atom. The Balaban J connectivity index is 1.62. The Labute approximate surface area is 203 Å². The second-order valence-corrected chi connectivity index (χ2v) is 9.73. The summed E-state index contributed by atoms with van der Waals surface area (Å²) in [6.45, 7) is 3.97. The lowest BCUT2D eigenvalue weighted by Crippen LogP contribution is -2.42. The summed E-state index contributed by atoms with van der Waals surface area (Å²) >= 11 is 0. The first kappa shape index (κ1) is 23.2. The number of carboxylic acids is 1. The number of anilines is 3. The average molecular weight is 481 g/mol. The first-order valence-corrected chi connectivity index (χ1v) is 12.2. The molecule has 1 amide bonds. The first-order chi connectivity index (χ1) is 16.8. The third kappa shape index (κ3) is 4.00. The highest BCUT2D eigenvalue weighted by Crippen LogP contribution is 2.41. The number of carbonyl (C=O) groups excluding carboxylic acids is 1. The first-order valence-electron chi connectivity index (χ1n) is 12.2. The van der Waals surface area contributed by atoms with Gasteiger partial charge >= 0.3 is 12.1 Å². The molecule has 2 N–H and O–H groups in total. The number of nitrogens with one attached hydrogen (secondary N) is 1. The fraction of sp³-hybridized carbons (Fsp3) is 0.520. The number of nitrogens with zero attached hydrogens (tertiary/aromatic N) is 5. The molecule has 1 aliphatic heterocycles. The van der Waals surface area contributed by atoms with E-state index in [1.807, 2.05) is 39.1 Å². The molecule has 0 unspecified atom stereocenters. The molecule has 0 radical (unpaired) electrons. The predicted molar refractivity (Wildman–Crippen MR) is 132 cm³/mol. The number of aromatic nitrogens is 4. The highest BCUT2D eigenvalue weighted by atomic mass is 16.5. The molecule has 2 aliphatic rings. The van der Waals surface area contributed by atoms with Crippen LogP contribution in [0.25, 0.3) is 11.0 Å². The van der Waals surface area contributed by atoms with Crippen molar-refractivity contribution in [1.82, 2.24) is 19.3 Å². The molecule has 3 heterocycles. The van der Waals surface area contributed by atoms with Gasteiger partial charge in [-0.3, -0.25) is 14.4 Å². The molecule has 35 heavy (non-hydrogen) atoms. The second-order valence-electron chi connectivity index (χ2n) is 9.73. The van der Waals surface area contributed by atoms with E-state index < -0.39 is 5.97 Å². The minimum absolute atomic E-state index is 0.0378. The number of ether oxygens (including phenoxy) is 1. The molecule has 1 atom stereocenters. The van der Waals surface area contributed by atoms with Gasteiger partial charge in [-0.15, -0.1) is 0 Å². The molecular weight excluding hydrogens is 448 g/mol. The molecule has 2 aromatic heterocycles. The van der Waals surface area contributed by atoms with Crippen molar-refractivity contribution < 1.29 is 19.4 Å². The summed E-state index contributed by atoms with van der Waals surface area (Å²) in [4.78, 5) is 30.9. The molecule has 1 aromatic carbocycles. The summed E-state index contributed by atoms with van der Waals surface area (Å²) < 4.78 is 9.08. The molecule has 186 valence electrons. The standard InChI is InChI=1S/C25H32N6O4/c1-14-13-21(29(3)28-14)26-24-27-22-18-10-5-15(2)30(25(34)35-4)19(18)11-12-20(22)31(24)17-8-6-16(7-9-17)23(32)33/h11-13,15-17H,5-10H2,1-4H3,(H,26,27)(H,32,33)/t15-,16-,17-/m0/s1. The lowest BCUT2D eigenvalue weighted by Gasteiger charge is -2.34. The number of methoxy groups -OCH3 is 1. The number of aliphatic carboxylic acids is 1. The van der Waals surface area contributed by atoms with E-state index in [9.17, 15) is 14.7 Å². The van der Waals surface area contributed by atoms with Gasteiger partial charge in [0.25, 0.3) is 0 Å². The number of hydrogen-bond acceptors (Lipinski definition) is 6. The molecule has 1 saturated carbocycles. The minimum Gasteiger partial charge on any atom is -0.481 e. The van der Waals surface area contributed by atoms with Crippen LogP contribution in [-0.2, 0) is 23.0 Å². The van der Waals surface area contributed by atoms with Crippen molar-refractivity contribution in [2.45, 2.75) is 64.5 Å². The topological polar surface area (TPSA) is 115 Å². The van der Waals surface area contributed by atoms with Gasteiger partial charge in [-0.25, -0.2) is 9.78 Å². The normalized spacial score (nSPS) is 22.2.